The van der Waals surface area contributed by atoms with Crippen molar-refractivity contribution in [1.29, 1.82) is 0 Å². The van der Waals surface area contributed by atoms with Gasteiger partial charge in [0.2, 0.25) is 5.95 Å². The van der Waals surface area contributed by atoms with E-state index in [9.17, 15) is 0 Å². The third-order valence-corrected chi connectivity index (χ3v) is 6.44. The zero-order valence-electron chi connectivity index (χ0n) is 15.3. The molecule has 1 aromatic heterocycles. The average molecular weight is 352 g/mol. The van der Waals surface area contributed by atoms with Gasteiger partial charge < -0.3 is 10.6 Å². The fraction of sp³-hybridized carbons (Fsp3) is 0.600. The topological polar surface area (TPSA) is 71.5 Å². The van der Waals surface area contributed by atoms with Crippen LogP contribution in [0.3, 0.4) is 0 Å². The van der Waals surface area contributed by atoms with Gasteiger partial charge in [-0.05, 0) is 30.9 Å². The maximum atomic E-state index is 6.13. The zero-order chi connectivity index (χ0) is 17.6. The second kappa shape index (κ2) is 6.27. The van der Waals surface area contributed by atoms with Gasteiger partial charge in [0, 0.05) is 32.5 Å². The quantitative estimate of drug-likeness (QED) is 0.871. The fourth-order valence-corrected chi connectivity index (χ4v) is 5.11. The number of aromatic nitrogens is 2. The highest BCUT2D eigenvalue weighted by Gasteiger charge is 2.41. The van der Waals surface area contributed by atoms with Crippen LogP contribution in [0.1, 0.15) is 44.9 Å². The monoisotopic (exact) mass is 352 g/mol. The van der Waals surface area contributed by atoms with Gasteiger partial charge in [0.1, 0.15) is 5.66 Å². The summed E-state index contributed by atoms with van der Waals surface area (Å²) in [5.74, 6) is 2.22. The summed E-state index contributed by atoms with van der Waals surface area (Å²) in [6.45, 7) is 3.42. The van der Waals surface area contributed by atoms with Crippen LogP contribution in [0, 0.1) is 5.92 Å². The van der Waals surface area contributed by atoms with E-state index in [-0.39, 0.29) is 5.66 Å². The van der Waals surface area contributed by atoms with Gasteiger partial charge in [0.25, 0.3) is 0 Å². The lowest BCUT2D eigenvalue weighted by Crippen LogP contribution is -2.50. The predicted molar refractivity (Wildman–Crippen MR) is 105 cm³/mol. The molecule has 26 heavy (non-hydrogen) atoms. The maximum Gasteiger partial charge on any atom is 0.212 e. The standard InChI is InChI=1S/C20H28N6/c21-18-23-19-22-16-8-4-5-9-17(16)26(19)20(24-18)10-12-25(13-11-20)14-15-6-2-1-3-7-15/h4-5,8-9,15H,1-3,6-7,10-14H2,(H3,21,22,23,24). The molecule has 5 rings (SSSR count). The van der Waals surface area contributed by atoms with E-state index in [4.69, 9.17) is 15.7 Å². The molecule has 6 heteroatoms. The molecule has 3 N–H and O–H groups in total. The molecule has 1 aromatic carbocycles. The molecular formula is C20H28N6. The SMILES string of the molecule is NC1=NC2(CCN(CC3CCCCC3)CC2)n2c(nc3ccccc32)N1. The highest BCUT2D eigenvalue weighted by Crippen LogP contribution is 2.40. The number of hydrogen-bond acceptors (Lipinski definition) is 5. The van der Waals surface area contributed by atoms with E-state index in [1.807, 2.05) is 6.07 Å². The van der Waals surface area contributed by atoms with Crippen molar-refractivity contribution in [2.75, 3.05) is 25.0 Å². The summed E-state index contributed by atoms with van der Waals surface area (Å²) in [6.07, 6.45) is 9.07. The van der Waals surface area contributed by atoms with E-state index >= 15 is 0 Å². The number of nitrogens with one attached hydrogen (secondary N) is 1. The number of likely N-dealkylation sites (tertiary alicyclic amines) is 1. The molecule has 0 bridgehead atoms. The number of guanidine groups is 1. The Labute approximate surface area is 154 Å². The first-order valence-corrected chi connectivity index (χ1v) is 10.1. The summed E-state index contributed by atoms with van der Waals surface area (Å²) < 4.78 is 2.29. The smallest absolute Gasteiger partial charge is 0.212 e. The van der Waals surface area contributed by atoms with Gasteiger partial charge in [-0.25, -0.2) is 9.98 Å². The number of rotatable bonds is 2. The Bertz CT molecular complexity index is 824. The second-order valence-corrected chi connectivity index (χ2v) is 8.17. The molecular weight excluding hydrogens is 324 g/mol. The first kappa shape index (κ1) is 16.1. The Hall–Kier alpha value is -2.08. The minimum absolute atomic E-state index is 0.288. The summed E-state index contributed by atoms with van der Waals surface area (Å²) in [4.78, 5) is 12.3. The lowest BCUT2D eigenvalue weighted by Gasteiger charge is -2.43. The molecule has 1 saturated carbocycles. The Kier molecular flexibility index (Phi) is 3.89. The molecule has 2 aromatic rings. The minimum atomic E-state index is -0.288. The summed E-state index contributed by atoms with van der Waals surface area (Å²) >= 11 is 0. The zero-order valence-corrected chi connectivity index (χ0v) is 15.3. The molecule has 0 atom stereocenters. The van der Waals surface area contributed by atoms with E-state index in [2.05, 4.69) is 33.0 Å². The van der Waals surface area contributed by atoms with Crippen LogP contribution in [0.15, 0.2) is 29.3 Å². The van der Waals surface area contributed by atoms with E-state index < -0.39 is 0 Å². The summed E-state index contributed by atoms with van der Waals surface area (Å²) in [7, 11) is 0. The molecule has 0 radical (unpaired) electrons. The van der Waals surface area contributed by atoms with Crippen molar-refractivity contribution in [2.45, 2.75) is 50.6 Å². The van der Waals surface area contributed by atoms with Crippen LogP contribution in [-0.4, -0.2) is 40.0 Å². The Morgan fingerprint density at radius 3 is 2.69 bits per heavy atom. The number of nitrogens with zero attached hydrogens (tertiary/aromatic N) is 4. The van der Waals surface area contributed by atoms with E-state index in [0.717, 1.165) is 48.8 Å². The lowest BCUT2D eigenvalue weighted by molar-refractivity contribution is 0.0985. The van der Waals surface area contributed by atoms with Gasteiger partial charge in [0.15, 0.2) is 5.96 Å². The number of aliphatic imine (C=N–C) groups is 1. The lowest BCUT2D eigenvalue weighted by atomic mass is 9.88. The number of imidazole rings is 1. The van der Waals surface area contributed by atoms with Crippen LogP contribution < -0.4 is 11.1 Å². The van der Waals surface area contributed by atoms with Gasteiger partial charge in [-0.1, -0.05) is 31.4 Å². The number of benzene rings is 1. The predicted octanol–water partition coefficient (Wildman–Crippen LogP) is 3.11. The van der Waals surface area contributed by atoms with Gasteiger partial charge in [-0.15, -0.1) is 0 Å². The van der Waals surface area contributed by atoms with Crippen molar-refractivity contribution in [3.05, 3.63) is 24.3 Å². The van der Waals surface area contributed by atoms with Crippen LogP contribution in [0.4, 0.5) is 5.95 Å². The van der Waals surface area contributed by atoms with Crippen LogP contribution in [-0.2, 0) is 5.66 Å². The van der Waals surface area contributed by atoms with Gasteiger partial charge in [0.05, 0.1) is 11.0 Å². The maximum absolute atomic E-state index is 6.13. The normalized spacial score (nSPS) is 23.6. The Morgan fingerprint density at radius 2 is 1.88 bits per heavy atom. The van der Waals surface area contributed by atoms with Crippen LogP contribution in [0.5, 0.6) is 0 Å². The van der Waals surface area contributed by atoms with Crippen LogP contribution in [0.2, 0.25) is 0 Å². The number of nitrogens with two attached hydrogens (primary N) is 1. The summed E-state index contributed by atoms with van der Waals surface area (Å²) in [5, 5.41) is 3.16. The molecule has 138 valence electrons. The molecule has 0 unspecified atom stereocenters. The molecule has 0 amide bonds. The van der Waals surface area contributed by atoms with Crippen molar-refractivity contribution in [3.63, 3.8) is 0 Å². The first-order valence-electron chi connectivity index (χ1n) is 10.1. The number of para-hydroxylation sites is 2. The number of fused-ring (bicyclic) bond motifs is 4. The second-order valence-electron chi connectivity index (χ2n) is 8.17. The van der Waals surface area contributed by atoms with Crippen LogP contribution >= 0.6 is 0 Å². The molecule has 3 aliphatic rings. The largest absolute Gasteiger partial charge is 0.370 e. The molecule has 1 spiro atoms. The van der Waals surface area contributed by atoms with Crippen molar-refractivity contribution in [1.82, 2.24) is 14.5 Å². The van der Waals surface area contributed by atoms with E-state index in [1.54, 1.807) is 0 Å². The third kappa shape index (κ3) is 2.67. The number of piperidine rings is 1. The average Bonchev–Trinajstić information content (AvgIpc) is 3.03. The first-order chi connectivity index (χ1) is 12.7. The van der Waals surface area contributed by atoms with Crippen molar-refractivity contribution in [2.24, 2.45) is 16.6 Å². The fourth-order valence-electron chi connectivity index (χ4n) is 5.11. The van der Waals surface area contributed by atoms with E-state index in [1.165, 1.54) is 38.6 Å². The molecule has 1 saturated heterocycles. The number of hydrogen-bond donors (Lipinski definition) is 2. The molecule has 6 nitrogen and oxygen atoms in total. The van der Waals surface area contributed by atoms with Gasteiger partial charge in [-0.2, -0.15) is 0 Å². The number of anilines is 1. The Balaban J connectivity index is 1.40. The van der Waals surface area contributed by atoms with Crippen LogP contribution in [0.25, 0.3) is 11.0 Å². The molecule has 2 aliphatic heterocycles. The van der Waals surface area contributed by atoms with Gasteiger partial charge in [-0.3, -0.25) is 9.88 Å². The molecule has 1 aliphatic carbocycles. The van der Waals surface area contributed by atoms with Crippen molar-refractivity contribution < 1.29 is 0 Å². The highest BCUT2D eigenvalue weighted by atomic mass is 15.4. The molecule has 3 heterocycles. The Morgan fingerprint density at radius 1 is 1.12 bits per heavy atom. The minimum Gasteiger partial charge on any atom is -0.370 e. The summed E-state index contributed by atoms with van der Waals surface area (Å²) in [6, 6.07) is 8.31. The summed E-state index contributed by atoms with van der Waals surface area (Å²) in [5.41, 5.74) is 7.99. The van der Waals surface area contributed by atoms with E-state index in [0.29, 0.717) is 5.96 Å². The third-order valence-electron chi connectivity index (χ3n) is 6.44. The van der Waals surface area contributed by atoms with Gasteiger partial charge >= 0.3 is 0 Å². The van der Waals surface area contributed by atoms with Crippen molar-refractivity contribution in [3.8, 4) is 0 Å². The molecule has 2 fully saturated rings. The van der Waals surface area contributed by atoms with Crippen molar-refractivity contribution >= 4 is 22.9 Å². The highest BCUT2D eigenvalue weighted by molar-refractivity contribution is 5.94.